The van der Waals surface area contributed by atoms with Gasteiger partial charge in [-0.05, 0) is 44.4 Å². The summed E-state index contributed by atoms with van der Waals surface area (Å²) in [5, 5.41) is 4.23. The molecule has 4 heterocycles. The van der Waals surface area contributed by atoms with Crippen molar-refractivity contribution in [2.45, 2.75) is 38.6 Å². The molecule has 1 aromatic heterocycles. The lowest BCUT2D eigenvalue weighted by atomic mass is 9.95. The van der Waals surface area contributed by atoms with Crippen molar-refractivity contribution in [2.24, 2.45) is 18.9 Å². The van der Waals surface area contributed by atoms with E-state index in [9.17, 15) is 4.79 Å². The summed E-state index contributed by atoms with van der Waals surface area (Å²) in [5.74, 6) is 1.76. The van der Waals surface area contributed by atoms with E-state index in [4.69, 9.17) is 0 Å². The molecule has 3 saturated heterocycles. The van der Waals surface area contributed by atoms with Crippen LogP contribution in [0.25, 0.3) is 0 Å². The number of hydrogen-bond donors (Lipinski definition) is 0. The largest absolute Gasteiger partial charge is 0.337 e. The molecular formula is C17H26N4O. The first-order valence-corrected chi connectivity index (χ1v) is 8.63. The molecule has 3 aliphatic heterocycles. The molecule has 0 radical (unpaired) electrons. The molecule has 0 aromatic carbocycles. The number of hydrogen-bond acceptors (Lipinski definition) is 3. The van der Waals surface area contributed by atoms with Gasteiger partial charge in [0, 0.05) is 45.0 Å². The van der Waals surface area contributed by atoms with Crippen molar-refractivity contribution in [3.63, 3.8) is 0 Å². The highest BCUT2D eigenvalue weighted by Gasteiger charge is 2.39. The van der Waals surface area contributed by atoms with Crippen LogP contribution in [0.1, 0.15) is 41.7 Å². The summed E-state index contributed by atoms with van der Waals surface area (Å²) in [6.07, 6.45) is 7.08. The average Bonchev–Trinajstić information content (AvgIpc) is 3.30. The number of piperidine rings is 1. The van der Waals surface area contributed by atoms with E-state index < -0.39 is 0 Å². The number of aromatic nitrogens is 2. The second-order valence-corrected chi connectivity index (χ2v) is 7.47. The quantitative estimate of drug-likeness (QED) is 0.853. The monoisotopic (exact) mass is 302 g/mol. The predicted octanol–water partition coefficient (Wildman–Crippen LogP) is 1.67. The van der Waals surface area contributed by atoms with E-state index in [0.29, 0.717) is 12.0 Å². The van der Waals surface area contributed by atoms with E-state index in [0.717, 1.165) is 30.3 Å². The van der Waals surface area contributed by atoms with Crippen LogP contribution in [-0.2, 0) is 7.05 Å². The maximum atomic E-state index is 12.9. The lowest BCUT2D eigenvalue weighted by Crippen LogP contribution is -2.45. The SMILES string of the molecule is Cc1c(C(=O)N2C[C@@H]3CC[C@H](C2)N(CC2CC2)C3)cnn1C. The molecule has 120 valence electrons. The number of fused-ring (bicyclic) bond motifs is 4. The van der Waals surface area contributed by atoms with Crippen molar-refractivity contribution < 1.29 is 4.79 Å². The summed E-state index contributed by atoms with van der Waals surface area (Å²) >= 11 is 0. The number of carbonyl (C=O) groups is 1. The molecule has 5 nitrogen and oxygen atoms in total. The van der Waals surface area contributed by atoms with Crippen molar-refractivity contribution >= 4 is 5.91 Å². The van der Waals surface area contributed by atoms with Crippen LogP contribution in [0.2, 0.25) is 0 Å². The van der Waals surface area contributed by atoms with Gasteiger partial charge in [-0.2, -0.15) is 5.10 Å². The Balaban J connectivity index is 1.51. The van der Waals surface area contributed by atoms with Gasteiger partial charge < -0.3 is 4.90 Å². The molecule has 2 bridgehead atoms. The van der Waals surface area contributed by atoms with Crippen molar-refractivity contribution in [3.8, 4) is 0 Å². The summed E-state index contributed by atoms with van der Waals surface area (Å²) in [4.78, 5) is 17.7. The topological polar surface area (TPSA) is 41.4 Å². The Kier molecular flexibility index (Phi) is 3.48. The van der Waals surface area contributed by atoms with E-state index in [2.05, 4.69) is 14.9 Å². The Bertz CT molecular complexity index is 577. The van der Waals surface area contributed by atoms with Gasteiger partial charge in [0.2, 0.25) is 0 Å². The van der Waals surface area contributed by atoms with Gasteiger partial charge in [0.15, 0.2) is 0 Å². The first-order chi connectivity index (χ1) is 10.6. The van der Waals surface area contributed by atoms with Crippen molar-refractivity contribution in [1.29, 1.82) is 0 Å². The summed E-state index contributed by atoms with van der Waals surface area (Å²) in [5.41, 5.74) is 1.74. The highest BCUT2D eigenvalue weighted by Crippen LogP contribution is 2.35. The molecule has 22 heavy (non-hydrogen) atoms. The standard InChI is InChI=1S/C17H26N4O/c1-12-16(7-18-19(12)2)17(22)21-10-14-5-6-15(11-21)20(9-14)8-13-3-4-13/h7,13-15H,3-6,8-11H2,1-2H3/t14-,15-/m1/s1. The fourth-order valence-electron chi connectivity index (χ4n) is 4.08. The number of carbonyl (C=O) groups excluding carboxylic acids is 1. The third-order valence-corrected chi connectivity index (χ3v) is 5.77. The lowest BCUT2D eigenvalue weighted by Gasteiger charge is -2.36. The van der Waals surface area contributed by atoms with Crippen LogP contribution < -0.4 is 0 Å². The Morgan fingerprint density at radius 2 is 2.05 bits per heavy atom. The summed E-state index contributed by atoms with van der Waals surface area (Å²) < 4.78 is 1.79. The summed E-state index contributed by atoms with van der Waals surface area (Å²) in [6.45, 7) is 6.25. The second kappa shape index (κ2) is 5.37. The zero-order valence-corrected chi connectivity index (χ0v) is 13.7. The molecule has 1 amide bonds. The van der Waals surface area contributed by atoms with E-state index in [1.807, 2.05) is 14.0 Å². The van der Waals surface area contributed by atoms with Gasteiger partial charge >= 0.3 is 0 Å². The highest BCUT2D eigenvalue weighted by atomic mass is 16.2. The van der Waals surface area contributed by atoms with Crippen molar-refractivity contribution in [1.82, 2.24) is 19.6 Å². The van der Waals surface area contributed by atoms with Crippen LogP contribution >= 0.6 is 0 Å². The van der Waals surface area contributed by atoms with E-state index in [-0.39, 0.29) is 5.91 Å². The van der Waals surface area contributed by atoms with E-state index in [1.54, 1.807) is 10.9 Å². The van der Waals surface area contributed by atoms with Crippen LogP contribution in [-0.4, -0.2) is 57.7 Å². The zero-order chi connectivity index (χ0) is 15.3. The second-order valence-electron chi connectivity index (χ2n) is 7.47. The molecular weight excluding hydrogens is 276 g/mol. The number of nitrogens with zero attached hydrogens (tertiary/aromatic N) is 4. The van der Waals surface area contributed by atoms with Crippen LogP contribution in [0.5, 0.6) is 0 Å². The normalized spacial score (nSPS) is 28.9. The van der Waals surface area contributed by atoms with Gasteiger partial charge in [0.1, 0.15) is 0 Å². The van der Waals surface area contributed by atoms with Crippen molar-refractivity contribution in [2.75, 3.05) is 26.2 Å². The Labute approximate surface area is 132 Å². The first-order valence-electron chi connectivity index (χ1n) is 8.63. The average molecular weight is 302 g/mol. The minimum Gasteiger partial charge on any atom is -0.337 e. The predicted molar refractivity (Wildman–Crippen MR) is 84.7 cm³/mol. The number of rotatable bonds is 3. The minimum atomic E-state index is 0.177. The molecule has 0 spiro atoms. The van der Waals surface area contributed by atoms with Gasteiger partial charge in [0.05, 0.1) is 11.8 Å². The number of aryl methyl sites for hydroxylation is 1. The first kappa shape index (κ1) is 14.2. The molecule has 1 aliphatic carbocycles. The minimum absolute atomic E-state index is 0.177. The van der Waals surface area contributed by atoms with E-state index in [1.165, 1.54) is 38.8 Å². The van der Waals surface area contributed by atoms with Gasteiger partial charge in [0.25, 0.3) is 5.91 Å². The summed E-state index contributed by atoms with van der Waals surface area (Å²) in [6, 6.07) is 0.570. The molecule has 1 saturated carbocycles. The lowest BCUT2D eigenvalue weighted by molar-refractivity contribution is 0.0736. The van der Waals surface area contributed by atoms with Crippen LogP contribution in [0.4, 0.5) is 0 Å². The van der Waals surface area contributed by atoms with Crippen molar-refractivity contribution in [3.05, 3.63) is 17.5 Å². The van der Waals surface area contributed by atoms with E-state index >= 15 is 0 Å². The maximum Gasteiger partial charge on any atom is 0.257 e. The molecule has 4 fully saturated rings. The third-order valence-electron chi connectivity index (χ3n) is 5.77. The smallest absolute Gasteiger partial charge is 0.257 e. The maximum absolute atomic E-state index is 12.9. The molecule has 0 unspecified atom stereocenters. The van der Waals surface area contributed by atoms with Crippen LogP contribution in [0.3, 0.4) is 0 Å². The Morgan fingerprint density at radius 1 is 1.23 bits per heavy atom. The molecule has 4 aliphatic rings. The van der Waals surface area contributed by atoms with Crippen LogP contribution in [0.15, 0.2) is 6.20 Å². The molecule has 5 rings (SSSR count). The fourth-order valence-corrected chi connectivity index (χ4v) is 4.08. The Hall–Kier alpha value is -1.36. The van der Waals surface area contributed by atoms with Gasteiger partial charge in [-0.25, -0.2) is 0 Å². The highest BCUT2D eigenvalue weighted by molar-refractivity contribution is 5.95. The summed E-state index contributed by atoms with van der Waals surface area (Å²) in [7, 11) is 1.90. The van der Waals surface area contributed by atoms with Gasteiger partial charge in [-0.15, -0.1) is 0 Å². The van der Waals surface area contributed by atoms with Gasteiger partial charge in [-0.3, -0.25) is 14.4 Å². The van der Waals surface area contributed by atoms with Crippen LogP contribution in [0, 0.1) is 18.8 Å². The number of amides is 1. The zero-order valence-electron chi connectivity index (χ0n) is 13.7. The Morgan fingerprint density at radius 3 is 2.73 bits per heavy atom. The third kappa shape index (κ3) is 2.56. The molecule has 5 heteroatoms. The van der Waals surface area contributed by atoms with Gasteiger partial charge in [-0.1, -0.05) is 0 Å². The molecule has 0 N–H and O–H groups in total. The fraction of sp³-hybridized carbons (Fsp3) is 0.765. The molecule has 1 aromatic rings. The molecule has 2 atom stereocenters.